The van der Waals surface area contributed by atoms with Gasteiger partial charge in [-0.25, -0.2) is 0 Å². The first-order valence-electron chi connectivity index (χ1n) is 7.15. The lowest BCUT2D eigenvalue weighted by Crippen LogP contribution is -2.32. The highest BCUT2D eigenvalue weighted by Crippen LogP contribution is 2.31. The molecule has 3 nitrogen and oxygen atoms in total. The first kappa shape index (κ1) is 14.5. The van der Waals surface area contributed by atoms with Gasteiger partial charge in [-0.3, -0.25) is 10.1 Å². The third-order valence-electron chi connectivity index (χ3n) is 3.45. The Labute approximate surface area is 120 Å². The largest absolute Gasteiger partial charge is 0.321 e. The highest BCUT2D eigenvalue weighted by molar-refractivity contribution is 7.12. The number of amides is 1. The van der Waals surface area contributed by atoms with Crippen LogP contribution in [-0.2, 0) is 4.79 Å². The summed E-state index contributed by atoms with van der Waals surface area (Å²) in [5, 5.41) is 3.52. The van der Waals surface area contributed by atoms with E-state index in [1.165, 1.54) is 9.75 Å². The summed E-state index contributed by atoms with van der Waals surface area (Å²) in [6, 6.07) is 4.26. The summed E-state index contributed by atoms with van der Waals surface area (Å²) in [6.07, 6.45) is 2.00. The van der Waals surface area contributed by atoms with Crippen LogP contribution < -0.4 is 5.32 Å². The van der Waals surface area contributed by atoms with Crippen LogP contribution in [0.2, 0.25) is 0 Å². The molecule has 1 aromatic rings. The monoisotopic (exact) mass is 280 g/mol. The number of hydrogen-bond donors (Lipinski definition) is 1. The zero-order chi connectivity index (χ0) is 14.0. The third-order valence-corrected chi connectivity index (χ3v) is 4.51. The van der Waals surface area contributed by atoms with Crippen LogP contribution in [0.3, 0.4) is 0 Å². The summed E-state index contributed by atoms with van der Waals surface area (Å²) in [5.74, 6) is 0.806. The molecular formula is C15H24N2OS. The van der Waals surface area contributed by atoms with Crippen molar-refractivity contribution < 1.29 is 4.79 Å². The quantitative estimate of drug-likeness (QED) is 0.897. The van der Waals surface area contributed by atoms with Gasteiger partial charge in [0.1, 0.15) is 6.17 Å². The molecule has 4 heteroatoms. The summed E-state index contributed by atoms with van der Waals surface area (Å²) in [5.41, 5.74) is 0. The Bertz CT molecular complexity index is 441. The van der Waals surface area contributed by atoms with Crippen LogP contribution >= 0.6 is 11.3 Å². The standard InChI is InChI=1S/C15H24N2OS/c1-5-8-17-14(13-7-6-11(4)19-13)16-12(15(17)18)9-10(2)3/h6-7,10,12,14,16H,5,8-9H2,1-4H3. The van der Waals surface area contributed by atoms with Crippen LogP contribution in [-0.4, -0.2) is 23.4 Å². The Morgan fingerprint density at radius 2 is 2.16 bits per heavy atom. The molecule has 1 aliphatic rings. The Morgan fingerprint density at radius 1 is 1.42 bits per heavy atom. The van der Waals surface area contributed by atoms with Crippen LogP contribution in [0, 0.1) is 12.8 Å². The second-order valence-electron chi connectivity index (χ2n) is 5.73. The minimum atomic E-state index is -0.0149. The van der Waals surface area contributed by atoms with Gasteiger partial charge in [0.2, 0.25) is 5.91 Å². The summed E-state index contributed by atoms with van der Waals surface area (Å²) < 4.78 is 0. The number of carbonyl (C=O) groups excluding carboxylic acids is 1. The Hall–Kier alpha value is -0.870. The van der Waals surface area contributed by atoms with Gasteiger partial charge in [0, 0.05) is 16.3 Å². The first-order valence-corrected chi connectivity index (χ1v) is 7.97. The van der Waals surface area contributed by atoms with Gasteiger partial charge in [0.05, 0.1) is 6.04 Å². The van der Waals surface area contributed by atoms with Crippen molar-refractivity contribution in [2.24, 2.45) is 5.92 Å². The lowest BCUT2D eigenvalue weighted by atomic mass is 10.0. The van der Waals surface area contributed by atoms with Gasteiger partial charge in [-0.15, -0.1) is 11.3 Å². The van der Waals surface area contributed by atoms with Gasteiger partial charge in [-0.05, 0) is 37.8 Å². The van der Waals surface area contributed by atoms with E-state index in [4.69, 9.17) is 0 Å². The van der Waals surface area contributed by atoms with E-state index in [0.717, 1.165) is 19.4 Å². The van der Waals surface area contributed by atoms with Crippen molar-refractivity contribution in [3.05, 3.63) is 21.9 Å². The maximum absolute atomic E-state index is 12.5. The van der Waals surface area contributed by atoms with Gasteiger partial charge in [0.25, 0.3) is 0 Å². The van der Waals surface area contributed by atoms with Gasteiger partial charge in [-0.2, -0.15) is 0 Å². The van der Waals surface area contributed by atoms with E-state index in [1.54, 1.807) is 11.3 Å². The SMILES string of the molecule is CCCN1C(=O)C(CC(C)C)NC1c1ccc(C)s1. The number of carbonyl (C=O) groups is 1. The van der Waals surface area contributed by atoms with Crippen molar-refractivity contribution >= 4 is 17.2 Å². The zero-order valence-corrected chi connectivity index (χ0v) is 13.1. The smallest absolute Gasteiger partial charge is 0.241 e. The Morgan fingerprint density at radius 3 is 2.68 bits per heavy atom. The molecule has 1 aliphatic heterocycles. The van der Waals surface area contributed by atoms with Gasteiger partial charge in [-0.1, -0.05) is 20.8 Å². The molecule has 0 aromatic carbocycles. The highest BCUT2D eigenvalue weighted by atomic mass is 32.1. The Balaban J connectivity index is 2.19. The van der Waals surface area contributed by atoms with Crippen LogP contribution in [0.15, 0.2) is 12.1 Å². The van der Waals surface area contributed by atoms with Crippen molar-refractivity contribution in [2.45, 2.75) is 52.7 Å². The van der Waals surface area contributed by atoms with Gasteiger partial charge in [0.15, 0.2) is 0 Å². The molecule has 2 unspecified atom stereocenters. The lowest BCUT2D eigenvalue weighted by Gasteiger charge is -2.22. The fourth-order valence-electron chi connectivity index (χ4n) is 2.64. The Kier molecular flexibility index (Phi) is 4.63. The van der Waals surface area contributed by atoms with E-state index in [1.807, 2.05) is 4.90 Å². The zero-order valence-electron chi connectivity index (χ0n) is 12.3. The maximum atomic E-state index is 12.5. The first-order chi connectivity index (χ1) is 9.02. The number of nitrogens with one attached hydrogen (secondary N) is 1. The number of nitrogens with zero attached hydrogens (tertiary/aromatic N) is 1. The molecule has 0 bridgehead atoms. The minimum Gasteiger partial charge on any atom is -0.321 e. The van der Waals surface area contributed by atoms with E-state index in [2.05, 4.69) is 45.1 Å². The van der Waals surface area contributed by atoms with Crippen molar-refractivity contribution in [3.63, 3.8) is 0 Å². The molecule has 106 valence electrons. The highest BCUT2D eigenvalue weighted by Gasteiger charge is 2.39. The normalized spacial score (nSPS) is 23.6. The fraction of sp³-hybridized carbons (Fsp3) is 0.667. The van der Waals surface area contributed by atoms with E-state index < -0.39 is 0 Å². The topological polar surface area (TPSA) is 32.3 Å². The van der Waals surface area contributed by atoms with Crippen molar-refractivity contribution in [3.8, 4) is 0 Å². The molecule has 1 saturated heterocycles. The van der Waals surface area contributed by atoms with Crippen molar-refractivity contribution in [1.29, 1.82) is 0 Å². The van der Waals surface area contributed by atoms with Crippen LogP contribution in [0.5, 0.6) is 0 Å². The molecule has 2 atom stereocenters. The van der Waals surface area contributed by atoms with Gasteiger partial charge < -0.3 is 4.90 Å². The predicted molar refractivity (Wildman–Crippen MR) is 80.2 cm³/mol. The van der Waals surface area contributed by atoms with Gasteiger partial charge >= 0.3 is 0 Å². The molecule has 1 fully saturated rings. The molecule has 0 saturated carbocycles. The maximum Gasteiger partial charge on any atom is 0.241 e. The number of hydrogen-bond acceptors (Lipinski definition) is 3. The summed E-state index contributed by atoms with van der Waals surface area (Å²) in [4.78, 5) is 17.1. The van der Waals surface area contributed by atoms with E-state index in [-0.39, 0.29) is 18.1 Å². The van der Waals surface area contributed by atoms with Crippen LogP contribution in [0.1, 0.15) is 49.5 Å². The molecule has 19 heavy (non-hydrogen) atoms. The van der Waals surface area contributed by atoms with Crippen LogP contribution in [0.25, 0.3) is 0 Å². The molecular weight excluding hydrogens is 256 g/mol. The molecule has 2 heterocycles. The number of thiophene rings is 1. The molecule has 1 aromatic heterocycles. The van der Waals surface area contributed by atoms with Crippen molar-refractivity contribution in [2.75, 3.05) is 6.54 Å². The summed E-state index contributed by atoms with van der Waals surface area (Å²) >= 11 is 1.78. The molecule has 1 N–H and O–H groups in total. The minimum absolute atomic E-state index is 0.0149. The molecule has 2 rings (SSSR count). The van der Waals surface area contributed by atoms with Crippen molar-refractivity contribution in [1.82, 2.24) is 10.2 Å². The number of rotatable bonds is 5. The summed E-state index contributed by atoms with van der Waals surface area (Å²) in [7, 11) is 0. The van der Waals surface area contributed by atoms with E-state index in [0.29, 0.717) is 5.92 Å². The third kappa shape index (κ3) is 3.18. The second-order valence-corrected chi connectivity index (χ2v) is 7.05. The number of aryl methyl sites for hydroxylation is 1. The average molecular weight is 280 g/mol. The van der Waals surface area contributed by atoms with E-state index >= 15 is 0 Å². The summed E-state index contributed by atoms with van der Waals surface area (Å²) in [6.45, 7) is 9.41. The van der Waals surface area contributed by atoms with Crippen LogP contribution in [0.4, 0.5) is 0 Å². The second kappa shape index (κ2) is 6.06. The predicted octanol–water partition coefficient (Wildman–Crippen LogP) is 3.31. The fourth-order valence-corrected chi connectivity index (χ4v) is 3.59. The average Bonchev–Trinajstić information content (AvgIpc) is 2.87. The molecule has 0 aliphatic carbocycles. The molecule has 1 amide bonds. The van der Waals surface area contributed by atoms with E-state index in [9.17, 15) is 4.79 Å². The lowest BCUT2D eigenvalue weighted by molar-refractivity contribution is -0.130. The molecule has 0 spiro atoms. The molecule has 0 radical (unpaired) electrons.